The lowest BCUT2D eigenvalue weighted by atomic mass is 10.1. The Kier molecular flexibility index (Phi) is 6.92. The van der Waals surface area contributed by atoms with Gasteiger partial charge in [-0.3, -0.25) is 9.80 Å². The third kappa shape index (κ3) is 5.51. The van der Waals surface area contributed by atoms with Crippen molar-refractivity contribution in [1.82, 2.24) is 14.1 Å². The van der Waals surface area contributed by atoms with Gasteiger partial charge in [0.1, 0.15) is 0 Å². The number of ether oxygens (including phenoxy) is 1. The fraction of sp³-hybridized carbons (Fsp3) is 0.700. The lowest BCUT2D eigenvalue weighted by molar-refractivity contribution is -0.0486. The first-order valence-corrected chi connectivity index (χ1v) is 11.4. The summed E-state index contributed by atoms with van der Waals surface area (Å²) in [4.78, 5) is 5.21. The molecule has 152 valence electrons. The van der Waals surface area contributed by atoms with Crippen molar-refractivity contribution in [2.75, 3.05) is 59.0 Å². The van der Waals surface area contributed by atoms with Gasteiger partial charge >= 0.3 is 0 Å². The first-order chi connectivity index (χ1) is 12.8. The largest absolute Gasteiger partial charge is 0.374 e. The second kappa shape index (κ2) is 9.01. The molecular formula is C20H33N3O3S. The van der Waals surface area contributed by atoms with Gasteiger partial charge < -0.3 is 4.74 Å². The van der Waals surface area contributed by atoms with E-state index in [1.807, 2.05) is 19.1 Å². The first kappa shape index (κ1) is 20.7. The van der Waals surface area contributed by atoms with Crippen LogP contribution in [-0.4, -0.2) is 87.6 Å². The number of rotatable bonds is 6. The van der Waals surface area contributed by atoms with E-state index in [1.165, 1.54) is 0 Å². The molecule has 3 rings (SSSR count). The van der Waals surface area contributed by atoms with E-state index in [0.717, 1.165) is 51.4 Å². The van der Waals surface area contributed by atoms with Gasteiger partial charge in [0.15, 0.2) is 0 Å². The number of hydrogen-bond donors (Lipinski definition) is 0. The van der Waals surface area contributed by atoms with E-state index < -0.39 is 10.0 Å². The smallest absolute Gasteiger partial charge is 0.243 e. The molecule has 0 aromatic heterocycles. The molecule has 0 radical (unpaired) electrons. The van der Waals surface area contributed by atoms with Crippen LogP contribution in [0.15, 0.2) is 29.2 Å². The van der Waals surface area contributed by atoms with Crippen LogP contribution >= 0.6 is 0 Å². The molecule has 0 amide bonds. The number of sulfonamides is 1. The monoisotopic (exact) mass is 395 g/mol. The number of piperazine rings is 1. The average Bonchev–Trinajstić information content (AvgIpc) is 2.62. The number of nitrogens with zero attached hydrogens (tertiary/aromatic N) is 3. The van der Waals surface area contributed by atoms with Crippen molar-refractivity contribution in [2.24, 2.45) is 5.92 Å². The second-order valence-corrected chi connectivity index (χ2v) is 10.1. The molecule has 0 aliphatic carbocycles. The Hall–Kier alpha value is -0.990. The lowest BCUT2D eigenvalue weighted by Gasteiger charge is -2.39. The molecule has 2 aliphatic rings. The van der Waals surface area contributed by atoms with Crippen molar-refractivity contribution in [3.05, 3.63) is 29.8 Å². The van der Waals surface area contributed by atoms with Crippen LogP contribution in [0.2, 0.25) is 0 Å². The molecule has 2 aliphatic heterocycles. The molecule has 1 aromatic carbocycles. The normalized spacial score (nSPS) is 23.8. The van der Waals surface area contributed by atoms with Gasteiger partial charge in [-0.25, -0.2) is 8.42 Å². The summed E-state index contributed by atoms with van der Waals surface area (Å²) in [7, 11) is -3.39. The summed E-state index contributed by atoms with van der Waals surface area (Å²) in [6.07, 6.45) is 0.220. The van der Waals surface area contributed by atoms with Crippen LogP contribution in [0.3, 0.4) is 0 Å². The zero-order chi connectivity index (χ0) is 19.4. The maximum absolute atomic E-state index is 12.8. The van der Waals surface area contributed by atoms with Crippen LogP contribution in [0.25, 0.3) is 0 Å². The van der Waals surface area contributed by atoms with Gasteiger partial charge in [0.05, 0.1) is 17.6 Å². The molecular weight excluding hydrogens is 362 g/mol. The maximum Gasteiger partial charge on any atom is 0.243 e. The van der Waals surface area contributed by atoms with Crippen molar-refractivity contribution in [2.45, 2.75) is 31.8 Å². The minimum atomic E-state index is -3.39. The highest BCUT2D eigenvalue weighted by atomic mass is 32.2. The Morgan fingerprint density at radius 2 is 1.70 bits per heavy atom. The first-order valence-electron chi connectivity index (χ1n) is 9.98. The zero-order valence-corrected chi connectivity index (χ0v) is 17.6. The molecule has 1 aromatic rings. The Morgan fingerprint density at radius 1 is 1.04 bits per heavy atom. The van der Waals surface area contributed by atoms with Gasteiger partial charge in [0.2, 0.25) is 10.0 Å². The highest BCUT2D eigenvalue weighted by Crippen LogP contribution is 2.19. The van der Waals surface area contributed by atoms with Gasteiger partial charge in [-0.05, 0) is 25.0 Å². The SMILES string of the molecule is Cc1ccc(S(=O)(=O)N2CCN(C[C@H]3CN(CC(C)C)CCO3)CC2)cc1. The Bertz CT molecular complexity index is 698. The molecule has 7 heteroatoms. The van der Waals surface area contributed by atoms with Crippen LogP contribution in [0, 0.1) is 12.8 Å². The van der Waals surface area contributed by atoms with E-state index in [4.69, 9.17) is 4.74 Å². The van der Waals surface area contributed by atoms with E-state index in [2.05, 4.69) is 23.6 Å². The van der Waals surface area contributed by atoms with Crippen LogP contribution in [0.4, 0.5) is 0 Å². The lowest BCUT2D eigenvalue weighted by Crippen LogP contribution is -2.53. The third-order valence-electron chi connectivity index (χ3n) is 5.30. The Morgan fingerprint density at radius 3 is 2.33 bits per heavy atom. The topological polar surface area (TPSA) is 53.1 Å². The number of aryl methyl sites for hydroxylation is 1. The van der Waals surface area contributed by atoms with E-state index in [0.29, 0.717) is 23.9 Å². The molecule has 0 N–H and O–H groups in total. The Labute approximate surface area is 164 Å². The second-order valence-electron chi connectivity index (χ2n) is 8.16. The minimum absolute atomic E-state index is 0.220. The molecule has 1 atom stereocenters. The number of benzene rings is 1. The third-order valence-corrected chi connectivity index (χ3v) is 7.21. The summed E-state index contributed by atoms with van der Waals surface area (Å²) < 4.78 is 33.2. The van der Waals surface area contributed by atoms with Crippen molar-refractivity contribution in [3.63, 3.8) is 0 Å². The average molecular weight is 396 g/mol. The van der Waals surface area contributed by atoms with Crippen LogP contribution in [0.5, 0.6) is 0 Å². The van der Waals surface area contributed by atoms with Crippen LogP contribution in [-0.2, 0) is 14.8 Å². The van der Waals surface area contributed by atoms with E-state index in [-0.39, 0.29) is 6.10 Å². The van der Waals surface area contributed by atoms with Crippen LogP contribution in [0.1, 0.15) is 19.4 Å². The molecule has 0 spiro atoms. The molecule has 0 unspecified atom stereocenters. The Balaban J connectivity index is 1.50. The van der Waals surface area contributed by atoms with Gasteiger partial charge in [0.25, 0.3) is 0 Å². The minimum Gasteiger partial charge on any atom is -0.374 e. The molecule has 0 bridgehead atoms. The highest BCUT2D eigenvalue weighted by molar-refractivity contribution is 7.89. The summed E-state index contributed by atoms with van der Waals surface area (Å²) in [6.45, 7) is 13.8. The zero-order valence-electron chi connectivity index (χ0n) is 16.8. The quantitative estimate of drug-likeness (QED) is 0.733. The molecule has 2 saturated heterocycles. The summed E-state index contributed by atoms with van der Waals surface area (Å²) in [5.41, 5.74) is 1.07. The standard InChI is InChI=1S/C20H33N3O3S/c1-17(2)14-22-12-13-26-19(16-22)15-21-8-10-23(11-9-21)27(24,25)20-6-4-18(3)5-7-20/h4-7,17,19H,8-16H2,1-3H3/t19-/m0/s1. The fourth-order valence-electron chi connectivity index (χ4n) is 3.87. The molecule has 27 heavy (non-hydrogen) atoms. The summed E-state index contributed by atoms with van der Waals surface area (Å²) in [5.74, 6) is 0.666. The van der Waals surface area contributed by atoms with Gasteiger partial charge in [0, 0.05) is 52.4 Å². The summed E-state index contributed by atoms with van der Waals surface area (Å²) in [6, 6.07) is 7.12. The fourth-order valence-corrected chi connectivity index (χ4v) is 5.30. The van der Waals surface area contributed by atoms with Crippen LogP contribution < -0.4 is 0 Å². The predicted octanol–water partition coefficient (Wildman–Crippen LogP) is 1.66. The van der Waals surface area contributed by atoms with E-state index in [1.54, 1.807) is 16.4 Å². The van der Waals surface area contributed by atoms with Crippen molar-refractivity contribution >= 4 is 10.0 Å². The van der Waals surface area contributed by atoms with Gasteiger partial charge in [-0.2, -0.15) is 4.31 Å². The van der Waals surface area contributed by atoms with Gasteiger partial charge in [-0.1, -0.05) is 31.5 Å². The van der Waals surface area contributed by atoms with E-state index in [9.17, 15) is 8.42 Å². The molecule has 2 fully saturated rings. The van der Waals surface area contributed by atoms with Crippen molar-refractivity contribution < 1.29 is 13.2 Å². The maximum atomic E-state index is 12.8. The van der Waals surface area contributed by atoms with E-state index >= 15 is 0 Å². The van der Waals surface area contributed by atoms with Gasteiger partial charge in [-0.15, -0.1) is 0 Å². The van der Waals surface area contributed by atoms with Crippen molar-refractivity contribution in [1.29, 1.82) is 0 Å². The highest BCUT2D eigenvalue weighted by Gasteiger charge is 2.30. The van der Waals surface area contributed by atoms with Crippen molar-refractivity contribution in [3.8, 4) is 0 Å². The number of morpholine rings is 1. The molecule has 0 saturated carbocycles. The summed E-state index contributed by atoms with van der Waals surface area (Å²) in [5, 5.41) is 0. The number of hydrogen-bond acceptors (Lipinski definition) is 5. The molecule has 2 heterocycles. The summed E-state index contributed by atoms with van der Waals surface area (Å²) >= 11 is 0. The predicted molar refractivity (Wildman–Crippen MR) is 107 cm³/mol. The molecule has 6 nitrogen and oxygen atoms in total.